The van der Waals surface area contributed by atoms with E-state index in [1.54, 1.807) is 17.4 Å². The zero-order valence-electron chi connectivity index (χ0n) is 9.85. The average molecular weight is 250 g/mol. The van der Waals surface area contributed by atoms with Crippen LogP contribution in [0.1, 0.15) is 17.8 Å². The summed E-state index contributed by atoms with van der Waals surface area (Å²) in [6, 6.07) is 8.71. The Kier molecular flexibility index (Phi) is 3.33. The van der Waals surface area contributed by atoms with Gasteiger partial charge >= 0.3 is 0 Å². The minimum atomic E-state index is -0.264. The maximum Gasteiger partial charge on any atom is 0.125 e. The molecule has 2 N–H and O–H groups in total. The Balaban J connectivity index is 2.30. The fourth-order valence-corrected chi connectivity index (χ4v) is 2.58. The van der Waals surface area contributed by atoms with Crippen molar-refractivity contribution in [3.05, 3.63) is 46.4 Å². The van der Waals surface area contributed by atoms with Crippen LogP contribution in [0.15, 0.2) is 35.7 Å². The molecule has 1 atom stereocenters. The van der Waals surface area contributed by atoms with Crippen molar-refractivity contribution in [2.75, 3.05) is 17.7 Å². The first-order valence-corrected chi connectivity index (χ1v) is 6.29. The first-order chi connectivity index (χ1) is 8.09. The molecule has 2 nitrogen and oxygen atoms in total. The molecule has 0 aliphatic heterocycles. The lowest BCUT2D eigenvalue weighted by molar-refractivity contribution is 0.626. The molecule has 90 valence electrons. The summed E-state index contributed by atoms with van der Waals surface area (Å²) < 4.78 is 13.2. The largest absolute Gasteiger partial charge is 0.397 e. The SMILES string of the molecule is CC(c1cccs1)N(C)c1cc(F)ccc1N. The Hall–Kier alpha value is -1.55. The summed E-state index contributed by atoms with van der Waals surface area (Å²) in [6.45, 7) is 2.08. The van der Waals surface area contributed by atoms with Gasteiger partial charge in [0.1, 0.15) is 5.82 Å². The molecule has 0 saturated heterocycles. The van der Waals surface area contributed by atoms with E-state index in [0.717, 1.165) is 5.69 Å². The van der Waals surface area contributed by atoms with Crippen LogP contribution < -0.4 is 10.6 Å². The van der Waals surface area contributed by atoms with E-state index >= 15 is 0 Å². The van der Waals surface area contributed by atoms with Gasteiger partial charge in [0.05, 0.1) is 17.4 Å². The number of benzene rings is 1. The minimum Gasteiger partial charge on any atom is -0.397 e. The van der Waals surface area contributed by atoms with Crippen molar-refractivity contribution in [2.24, 2.45) is 0 Å². The number of hydrogen-bond donors (Lipinski definition) is 1. The molecule has 0 aliphatic carbocycles. The molecule has 2 aromatic rings. The first-order valence-electron chi connectivity index (χ1n) is 5.41. The van der Waals surface area contributed by atoms with Gasteiger partial charge in [-0.3, -0.25) is 0 Å². The number of nitrogens with zero attached hydrogens (tertiary/aromatic N) is 1. The Bertz CT molecular complexity index is 496. The molecule has 2 rings (SSSR count). The maximum absolute atomic E-state index is 13.2. The first kappa shape index (κ1) is 11.9. The number of halogens is 1. The minimum absolute atomic E-state index is 0.180. The second kappa shape index (κ2) is 4.75. The monoisotopic (exact) mass is 250 g/mol. The average Bonchev–Trinajstić information content (AvgIpc) is 2.84. The summed E-state index contributed by atoms with van der Waals surface area (Å²) in [7, 11) is 1.93. The van der Waals surface area contributed by atoms with Gasteiger partial charge in [-0.25, -0.2) is 4.39 Å². The summed E-state index contributed by atoms with van der Waals surface area (Å²) in [4.78, 5) is 3.22. The van der Waals surface area contributed by atoms with Crippen LogP contribution in [0.3, 0.4) is 0 Å². The zero-order valence-corrected chi connectivity index (χ0v) is 10.7. The molecule has 0 radical (unpaired) electrons. The summed E-state index contributed by atoms with van der Waals surface area (Å²) in [5.41, 5.74) is 7.20. The van der Waals surface area contributed by atoms with Crippen molar-refractivity contribution in [1.29, 1.82) is 0 Å². The van der Waals surface area contributed by atoms with E-state index in [9.17, 15) is 4.39 Å². The maximum atomic E-state index is 13.2. The standard InChI is InChI=1S/C13H15FN2S/c1-9(13-4-3-7-17-13)16(2)12-8-10(14)5-6-11(12)15/h3-9H,15H2,1-2H3. The molecule has 1 heterocycles. The van der Waals surface area contributed by atoms with Crippen LogP contribution >= 0.6 is 11.3 Å². The molecule has 0 spiro atoms. The van der Waals surface area contributed by atoms with Crippen LogP contribution in [0.4, 0.5) is 15.8 Å². The third-order valence-corrected chi connectivity index (χ3v) is 3.95. The third kappa shape index (κ3) is 2.42. The van der Waals surface area contributed by atoms with Gasteiger partial charge in [-0.15, -0.1) is 11.3 Å². The molecule has 0 saturated carbocycles. The van der Waals surface area contributed by atoms with E-state index in [1.807, 2.05) is 23.4 Å². The number of rotatable bonds is 3. The molecule has 1 aromatic carbocycles. The highest BCUT2D eigenvalue weighted by Crippen LogP contribution is 2.31. The predicted molar refractivity (Wildman–Crippen MR) is 71.9 cm³/mol. The Morgan fingerprint density at radius 3 is 2.76 bits per heavy atom. The van der Waals surface area contributed by atoms with Crippen LogP contribution in [0.2, 0.25) is 0 Å². The summed E-state index contributed by atoms with van der Waals surface area (Å²) >= 11 is 1.69. The number of nitrogen functional groups attached to an aromatic ring is 1. The van der Waals surface area contributed by atoms with E-state index < -0.39 is 0 Å². The molecule has 0 amide bonds. The zero-order chi connectivity index (χ0) is 12.4. The van der Waals surface area contributed by atoms with Crippen molar-refractivity contribution in [1.82, 2.24) is 0 Å². The third-order valence-electron chi connectivity index (χ3n) is 2.91. The van der Waals surface area contributed by atoms with Crippen LogP contribution in [-0.2, 0) is 0 Å². The van der Waals surface area contributed by atoms with E-state index in [4.69, 9.17) is 5.73 Å². The Morgan fingerprint density at radius 2 is 2.12 bits per heavy atom. The molecule has 17 heavy (non-hydrogen) atoms. The smallest absolute Gasteiger partial charge is 0.125 e. The van der Waals surface area contributed by atoms with Crippen molar-refractivity contribution in [3.63, 3.8) is 0 Å². The number of thiophene rings is 1. The number of hydrogen-bond acceptors (Lipinski definition) is 3. The molecule has 0 fully saturated rings. The van der Waals surface area contributed by atoms with Gasteiger partial charge in [0, 0.05) is 11.9 Å². The highest BCUT2D eigenvalue weighted by molar-refractivity contribution is 7.10. The number of anilines is 2. The van der Waals surface area contributed by atoms with Gasteiger partial charge in [-0.2, -0.15) is 0 Å². The van der Waals surface area contributed by atoms with Crippen LogP contribution in [0.25, 0.3) is 0 Å². The number of nitrogens with two attached hydrogens (primary N) is 1. The lowest BCUT2D eigenvalue weighted by Gasteiger charge is -2.27. The molecule has 1 aromatic heterocycles. The van der Waals surface area contributed by atoms with Gasteiger partial charge in [0.25, 0.3) is 0 Å². The van der Waals surface area contributed by atoms with Gasteiger partial charge in [-0.05, 0) is 36.6 Å². The van der Waals surface area contributed by atoms with Gasteiger partial charge in [-0.1, -0.05) is 6.07 Å². The fraction of sp³-hybridized carbons (Fsp3) is 0.231. The molecule has 0 bridgehead atoms. The van der Waals surface area contributed by atoms with Gasteiger partial charge in [0.15, 0.2) is 0 Å². The van der Waals surface area contributed by atoms with Crippen molar-refractivity contribution in [3.8, 4) is 0 Å². The second-order valence-corrected chi connectivity index (χ2v) is 4.98. The topological polar surface area (TPSA) is 29.3 Å². The summed E-state index contributed by atoms with van der Waals surface area (Å²) in [5, 5.41) is 2.04. The highest BCUT2D eigenvalue weighted by Gasteiger charge is 2.15. The Labute approximate surface area is 104 Å². The second-order valence-electron chi connectivity index (χ2n) is 4.01. The van der Waals surface area contributed by atoms with Crippen LogP contribution in [-0.4, -0.2) is 7.05 Å². The van der Waals surface area contributed by atoms with Crippen LogP contribution in [0, 0.1) is 5.82 Å². The van der Waals surface area contributed by atoms with Crippen molar-refractivity contribution >= 4 is 22.7 Å². The van der Waals surface area contributed by atoms with Crippen molar-refractivity contribution < 1.29 is 4.39 Å². The Morgan fingerprint density at radius 1 is 1.35 bits per heavy atom. The highest BCUT2D eigenvalue weighted by atomic mass is 32.1. The summed E-state index contributed by atoms with van der Waals surface area (Å²) in [5.74, 6) is -0.264. The van der Waals surface area contributed by atoms with Crippen molar-refractivity contribution in [2.45, 2.75) is 13.0 Å². The fourth-order valence-electron chi connectivity index (χ4n) is 1.75. The lowest BCUT2D eigenvalue weighted by Crippen LogP contribution is -2.22. The normalized spacial score (nSPS) is 12.4. The van der Waals surface area contributed by atoms with E-state index in [2.05, 4.69) is 13.0 Å². The molecule has 1 unspecified atom stereocenters. The molecular formula is C13H15FN2S. The summed E-state index contributed by atoms with van der Waals surface area (Å²) in [6.07, 6.45) is 0. The van der Waals surface area contributed by atoms with Crippen LogP contribution in [0.5, 0.6) is 0 Å². The molecular weight excluding hydrogens is 235 g/mol. The molecule has 0 aliphatic rings. The quantitative estimate of drug-likeness (QED) is 0.842. The van der Waals surface area contributed by atoms with Gasteiger partial charge < -0.3 is 10.6 Å². The van der Waals surface area contributed by atoms with E-state index in [0.29, 0.717) is 5.69 Å². The van der Waals surface area contributed by atoms with E-state index in [-0.39, 0.29) is 11.9 Å². The predicted octanol–water partition coefficient (Wildman–Crippen LogP) is 3.67. The lowest BCUT2D eigenvalue weighted by atomic mass is 10.2. The van der Waals surface area contributed by atoms with Gasteiger partial charge in [0.2, 0.25) is 0 Å². The van der Waals surface area contributed by atoms with E-state index in [1.165, 1.54) is 17.0 Å². The molecule has 4 heteroatoms.